The third-order valence-corrected chi connectivity index (χ3v) is 2.63. The summed E-state index contributed by atoms with van der Waals surface area (Å²) in [6, 6.07) is -21.6. The van der Waals surface area contributed by atoms with E-state index in [1.165, 1.54) is 0 Å². The predicted molar refractivity (Wildman–Crippen MR) is 36.5 cm³/mol. The maximum atomic E-state index is 12.9. The van der Waals surface area contributed by atoms with Gasteiger partial charge in [0.05, 0.1) is 0 Å². The number of carboxylic acids is 1. The molecule has 1 aliphatic heterocycles. The Morgan fingerprint density at radius 1 is 0.739 bits per heavy atom. The first-order valence-corrected chi connectivity index (χ1v) is 4.60. The molecule has 0 unspecified atom stereocenters. The number of nitrogens with zero attached hydrogens (tertiary/aromatic N) is 1. The van der Waals surface area contributed by atoms with Crippen molar-refractivity contribution in [2.75, 3.05) is 0 Å². The molecular formula is C7F12NNaO2. The Morgan fingerprint density at radius 3 is 1.22 bits per heavy atom. The smallest absolute Gasteiger partial charge is 0.543 e. The molecule has 23 heavy (non-hydrogen) atoms. The van der Waals surface area contributed by atoms with Crippen LogP contribution in [0.25, 0.3) is 0 Å². The minimum absolute atomic E-state index is 0. The summed E-state index contributed by atoms with van der Waals surface area (Å²) < 4.78 is 154. The average Bonchev–Trinajstić information content (AvgIpc) is 2.24. The molecular weight excluding hydrogens is 381 g/mol. The molecule has 0 radical (unpaired) electrons. The Kier molecular flexibility index (Phi) is 5.20. The standard InChI is InChI=1S/C7HF12NO2.Na/c8-2(9,1(21)22)20-6(16,17)4(12,13)3(10,11)5(14,15)7(20,18)19;/h(H,21,22);/q;+1/p-1. The molecule has 0 aliphatic carbocycles. The summed E-state index contributed by atoms with van der Waals surface area (Å²) in [4.78, 5) is 6.04. The van der Waals surface area contributed by atoms with Crippen LogP contribution in [-0.4, -0.2) is 46.8 Å². The van der Waals surface area contributed by atoms with Gasteiger partial charge in [0.25, 0.3) is 0 Å². The Bertz CT molecular complexity index is 476. The second-order valence-electron chi connectivity index (χ2n) is 3.97. The number of carbonyl (C=O) groups is 1. The van der Waals surface area contributed by atoms with Crippen LogP contribution in [0.3, 0.4) is 0 Å². The van der Waals surface area contributed by atoms with Crippen molar-refractivity contribution in [1.29, 1.82) is 0 Å². The van der Waals surface area contributed by atoms with Crippen molar-refractivity contribution in [1.82, 2.24) is 4.90 Å². The fraction of sp³-hybridized carbons (Fsp3) is 0.857. The van der Waals surface area contributed by atoms with E-state index < -0.39 is 46.8 Å². The number of likely N-dealkylation sites (tertiary alicyclic amines) is 1. The molecule has 3 nitrogen and oxygen atoms in total. The van der Waals surface area contributed by atoms with Crippen LogP contribution in [0.15, 0.2) is 0 Å². The fourth-order valence-corrected chi connectivity index (χ4v) is 1.48. The van der Waals surface area contributed by atoms with Gasteiger partial charge in [0.1, 0.15) is 5.97 Å². The molecule has 1 fully saturated rings. The van der Waals surface area contributed by atoms with E-state index >= 15 is 0 Å². The van der Waals surface area contributed by atoms with Gasteiger partial charge in [0, 0.05) is 0 Å². The van der Waals surface area contributed by atoms with Crippen LogP contribution >= 0.6 is 0 Å². The summed E-state index contributed by atoms with van der Waals surface area (Å²) in [5.74, 6) is -26.6. The minimum Gasteiger partial charge on any atom is -0.543 e. The third-order valence-electron chi connectivity index (χ3n) is 2.63. The van der Waals surface area contributed by atoms with Crippen LogP contribution in [0.2, 0.25) is 0 Å². The molecule has 0 aromatic rings. The molecule has 0 saturated carbocycles. The molecule has 1 saturated heterocycles. The monoisotopic (exact) mass is 381 g/mol. The van der Waals surface area contributed by atoms with Gasteiger partial charge in [-0.3, -0.25) is 0 Å². The van der Waals surface area contributed by atoms with Crippen molar-refractivity contribution in [2.24, 2.45) is 0 Å². The largest absolute Gasteiger partial charge is 1.00 e. The molecule has 1 heterocycles. The number of carboxylic acid groups (broad SMARTS) is 1. The average molecular weight is 381 g/mol. The molecule has 0 spiro atoms. The maximum Gasteiger partial charge on any atom is 1.00 e. The van der Waals surface area contributed by atoms with Crippen LogP contribution < -0.4 is 34.7 Å². The Hall–Kier alpha value is -0.410. The number of hydrogen-bond acceptors (Lipinski definition) is 3. The molecule has 16 heteroatoms. The quantitative estimate of drug-likeness (QED) is 0.341. The van der Waals surface area contributed by atoms with E-state index in [4.69, 9.17) is 0 Å². The van der Waals surface area contributed by atoms with Crippen molar-refractivity contribution in [3.63, 3.8) is 0 Å². The zero-order valence-corrected chi connectivity index (χ0v) is 12.3. The van der Waals surface area contributed by atoms with E-state index in [-0.39, 0.29) is 29.6 Å². The van der Waals surface area contributed by atoms with Gasteiger partial charge < -0.3 is 9.90 Å². The van der Waals surface area contributed by atoms with Gasteiger partial charge in [-0.25, -0.2) is 0 Å². The van der Waals surface area contributed by atoms with Crippen LogP contribution in [0.1, 0.15) is 0 Å². The second kappa shape index (κ2) is 5.29. The summed E-state index contributed by atoms with van der Waals surface area (Å²) in [7, 11) is 0. The molecule has 0 bridgehead atoms. The number of halogens is 12. The van der Waals surface area contributed by atoms with E-state index in [2.05, 4.69) is 0 Å². The zero-order chi connectivity index (χ0) is 18.2. The topological polar surface area (TPSA) is 43.4 Å². The minimum atomic E-state index is -7.48. The van der Waals surface area contributed by atoms with Crippen LogP contribution in [-0.2, 0) is 4.79 Å². The number of hydrogen-bond donors (Lipinski definition) is 0. The number of rotatable bonds is 2. The predicted octanol–water partition coefficient (Wildman–Crippen LogP) is -1.26. The summed E-state index contributed by atoms with van der Waals surface area (Å²) in [5.41, 5.74) is 0. The first kappa shape index (κ1) is 22.6. The number of carbonyl (C=O) groups excluding carboxylic acids is 1. The van der Waals surface area contributed by atoms with Gasteiger partial charge in [-0.05, 0) is 0 Å². The number of alkyl halides is 12. The summed E-state index contributed by atoms with van der Waals surface area (Å²) in [6.07, 6.45) is 0. The Balaban J connectivity index is 0.00000484. The Morgan fingerprint density at radius 2 is 1.00 bits per heavy atom. The normalized spacial score (nSPS) is 27.8. The molecule has 130 valence electrons. The summed E-state index contributed by atoms with van der Waals surface area (Å²) in [6.45, 7) is 0. The van der Waals surface area contributed by atoms with Crippen LogP contribution in [0.4, 0.5) is 52.7 Å². The number of piperidine rings is 1. The number of aliphatic carboxylic acids is 1. The van der Waals surface area contributed by atoms with Crippen molar-refractivity contribution >= 4 is 5.97 Å². The van der Waals surface area contributed by atoms with Gasteiger partial charge in [-0.2, -0.15) is 52.7 Å². The molecule has 0 aromatic heterocycles. The van der Waals surface area contributed by atoms with Crippen molar-refractivity contribution in [2.45, 2.75) is 35.9 Å². The van der Waals surface area contributed by atoms with Crippen LogP contribution in [0, 0.1) is 0 Å². The third kappa shape index (κ3) is 2.33. The van der Waals surface area contributed by atoms with Crippen molar-refractivity contribution in [3.05, 3.63) is 0 Å². The Labute approximate surface area is 139 Å². The molecule has 0 N–H and O–H groups in total. The van der Waals surface area contributed by atoms with E-state index in [0.29, 0.717) is 0 Å². The molecule has 1 rings (SSSR count). The van der Waals surface area contributed by atoms with Crippen LogP contribution in [0.5, 0.6) is 0 Å². The first-order chi connectivity index (χ1) is 9.31. The van der Waals surface area contributed by atoms with E-state index in [1.54, 1.807) is 0 Å². The molecule has 1 aliphatic rings. The zero-order valence-electron chi connectivity index (χ0n) is 10.3. The van der Waals surface area contributed by atoms with E-state index in [1.807, 2.05) is 0 Å². The van der Waals surface area contributed by atoms with Crippen molar-refractivity contribution in [3.8, 4) is 0 Å². The summed E-state index contributed by atoms with van der Waals surface area (Å²) >= 11 is 0. The molecule has 0 aromatic carbocycles. The van der Waals surface area contributed by atoms with Gasteiger partial charge in [0.2, 0.25) is 0 Å². The molecule has 0 amide bonds. The van der Waals surface area contributed by atoms with E-state index in [9.17, 15) is 62.6 Å². The van der Waals surface area contributed by atoms with Gasteiger partial charge in [-0.1, -0.05) is 0 Å². The van der Waals surface area contributed by atoms with Crippen molar-refractivity contribution < 1.29 is 92.1 Å². The summed E-state index contributed by atoms with van der Waals surface area (Å²) in [5, 5.41) is 9.83. The SMILES string of the molecule is O=C([O-])C(F)(F)N1C(F)(F)C(F)(F)C(F)(F)C(F)(F)C1(F)F.[Na+]. The first-order valence-electron chi connectivity index (χ1n) is 4.60. The molecule has 0 atom stereocenters. The van der Waals surface area contributed by atoms with Gasteiger partial charge in [0.15, 0.2) is 0 Å². The van der Waals surface area contributed by atoms with E-state index in [0.717, 1.165) is 0 Å². The van der Waals surface area contributed by atoms with Gasteiger partial charge >= 0.3 is 65.5 Å². The van der Waals surface area contributed by atoms with Gasteiger partial charge in [-0.15, -0.1) is 4.90 Å². The maximum absolute atomic E-state index is 12.9. The fourth-order valence-electron chi connectivity index (χ4n) is 1.48. The second-order valence-corrected chi connectivity index (χ2v) is 3.97.